The van der Waals surface area contributed by atoms with Crippen molar-refractivity contribution >= 4 is 11.9 Å². The Hall–Kier alpha value is -2.56. The monoisotopic (exact) mass is 372 g/mol. The fourth-order valence-electron chi connectivity index (χ4n) is 3.09. The Morgan fingerprint density at radius 3 is 2.04 bits per heavy atom. The molecule has 1 aromatic carbocycles. The van der Waals surface area contributed by atoms with Gasteiger partial charge in [0, 0.05) is 11.1 Å². The van der Waals surface area contributed by atoms with Crippen molar-refractivity contribution in [3.8, 4) is 5.75 Å². The summed E-state index contributed by atoms with van der Waals surface area (Å²) in [6.45, 7) is 10.7. The van der Waals surface area contributed by atoms with Crippen LogP contribution in [0.3, 0.4) is 0 Å². The lowest BCUT2D eigenvalue weighted by atomic mass is 9.79. The van der Waals surface area contributed by atoms with E-state index in [9.17, 15) is 9.59 Å². The van der Waals surface area contributed by atoms with Crippen molar-refractivity contribution in [2.24, 2.45) is 5.92 Å². The molecule has 0 saturated heterocycles. The number of hydrogen-bond acceptors (Lipinski definition) is 5. The van der Waals surface area contributed by atoms with Gasteiger partial charge in [0.2, 0.25) is 6.79 Å². The molecule has 1 fully saturated rings. The maximum Gasteiger partial charge on any atom is 0.335 e. The van der Waals surface area contributed by atoms with Crippen molar-refractivity contribution in [3.05, 3.63) is 54.1 Å². The third kappa shape index (κ3) is 6.59. The SMILES string of the molecule is C=C(C)C(=O)OCOc1ccc(C2CCC(COC(=O)C(=C)C)CC2)cc1. The predicted molar refractivity (Wildman–Crippen MR) is 103 cm³/mol. The number of carbonyl (C=O) groups excluding carboxylic acids is 2. The lowest BCUT2D eigenvalue weighted by molar-refractivity contribution is -0.145. The molecule has 5 heteroatoms. The van der Waals surface area contributed by atoms with E-state index in [1.54, 1.807) is 13.8 Å². The van der Waals surface area contributed by atoms with E-state index in [1.807, 2.05) is 12.1 Å². The number of ether oxygens (including phenoxy) is 3. The van der Waals surface area contributed by atoms with Gasteiger partial charge >= 0.3 is 11.9 Å². The molecule has 0 N–H and O–H groups in total. The Morgan fingerprint density at radius 1 is 0.926 bits per heavy atom. The predicted octanol–water partition coefficient (Wildman–Crippen LogP) is 4.54. The molecule has 0 aliphatic heterocycles. The maximum absolute atomic E-state index is 11.5. The van der Waals surface area contributed by atoms with Crippen LogP contribution in [0, 0.1) is 5.92 Å². The van der Waals surface area contributed by atoms with Gasteiger partial charge in [-0.05, 0) is 69.1 Å². The topological polar surface area (TPSA) is 61.8 Å². The number of rotatable bonds is 8. The van der Waals surface area contributed by atoms with Crippen LogP contribution in [0.4, 0.5) is 0 Å². The quantitative estimate of drug-likeness (QED) is 0.381. The van der Waals surface area contributed by atoms with Crippen molar-refractivity contribution in [2.75, 3.05) is 13.4 Å². The lowest BCUT2D eigenvalue weighted by Gasteiger charge is -2.28. The van der Waals surface area contributed by atoms with Gasteiger partial charge in [-0.25, -0.2) is 9.59 Å². The molecule has 1 aliphatic rings. The Kier molecular flexibility index (Phi) is 7.65. The summed E-state index contributed by atoms with van der Waals surface area (Å²) in [5.41, 5.74) is 2.07. The van der Waals surface area contributed by atoms with Crippen LogP contribution >= 0.6 is 0 Å². The number of hydrogen-bond donors (Lipinski definition) is 0. The second kappa shape index (κ2) is 9.95. The average molecular weight is 372 g/mol. The molecule has 1 aliphatic carbocycles. The van der Waals surface area contributed by atoms with E-state index in [4.69, 9.17) is 14.2 Å². The molecule has 0 radical (unpaired) electrons. The first-order chi connectivity index (χ1) is 12.9. The largest absolute Gasteiger partial charge is 0.462 e. The van der Waals surface area contributed by atoms with Crippen molar-refractivity contribution in [1.29, 1.82) is 0 Å². The Morgan fingerprint density at radius 2 is 1.48 bits per heavy atom. The molecule has 0 amide bonds. The highest BCUT2D eigenvalue weighted by Gasteiger charge is 2.23. The first-order valence-corrected chi connectivity index (χ1v) is 9.25. The van der Waals surface area contributed by atoms with Gasteiger partial charge in [-0.2, -0.15) is 0 Å². The van der Waals surface area contributed by atoms with Gasteiger partial charge in [0.1, 0.15) is 5.75 Å². The van der Waals surface area contributed by atoms with E-state index >= 15 is 0 Å². The van der Waals surface area contributed by atoms with E-state index in [0.29, 0.717) is 35.3 Å². The summed E-state index contributed by atoms with van der Waals surface area (Å²) in [6.07, 6.45) is 4.24. The van der Waals surface area contributed by atoms with Gasteiger partial charge in [-0.15, -0.1) is 0 Å². The number of carbonyl (C=O) groups is 2. The molecule has 0 heterocycles. The molecule has 1 aromatic rings. The van der Waals surface area contributed by atoms with E-state index in [2.05, 4.69) is 25.3 Å². The summed E-state index contributed by atoms with van der Waals surface area (Å²) < 4.78 is 15.6. The minimum absolute atomic E-state index is 0.126. The van der Waals surface area contributed by atoms with Crippen LogP contribution in [-0.2, 0) is 19.1 Å². The molecule has 0 aromatic heterocycles. The normalized spacial score (nSPS) is 19.0. The summed E-state index contributed by atoms with van der Waals surface area (Å²) in [7, 11) is 0. The highest BCUT2D eigenvalue weighted by Crippen LogP contribution is 2.36. The van der Waals surface area contributed by atoms with Gasteiger partial charge in [-0.3, -0.25) is 0 Å². The summed E-state index contributed by atoms with van der Waals surface area (Å²) in [4.78, 5) is 22.8. The zero-order valence-corrected chi connectivity index (χ0v) is 16.2. The summed E-state index contributed by atoms with van der Waals surface area (Å²) in [5, 5.41) is 0. The third-order valence-corrected chi connectivity index (χ3v) is 4.76. The van der Waals surface area contributed by atoms with Gasteiger partial charge in [-0.1, -0.05) is 25.3 Å². The second-order valence-electron chi connectivity index (χ2n) is 7.14. The Balaban J connectivity index is 1.74. The van der Waals surface area contributed by atoms with Crippen LogP contribution in [0.2, 0.25) is 0 Å². The van der Waals surface area contributed by atoms with Crippen LogP contribution in [0.25, 0.3) is 0 Å². The molecule has 0 atom stereocenters. The molecular formula is C22H28O5. The van der Waals surface area contributed by atoms with Crippen LogP contribution < -0.4 is 4.74 Å². The minimum Gasteiger partial charge on any atom is -0.462 e. The standard InChI is InChI=1S/C22H28O5/c1-15(2)21(23)25-13-17-5-7-18(8-6-17)19-9-11-20(12-10-19)26-14-27-22(24)16(3)4/h9-12,17-18H,1,3,5-8,13-14H2,2,4H3. The van der Waals surface area contributed by atoms with Crippen LogP contribution in [0.15, 0.2) is 48.6 Å². The smallest absolute Gasteiger partial charge is 0.335 e. The molecular weight excluding hydrogens is 344 g/mol. The zero-order valence-electron chi connectivity index (χ0n) is 16.2. The van der Waals surface area contributed by atoms with Gasteiger partial charge in [0.15, 0.2) is 0 Å². The van der Waals surface area contributed by atoms with Crippen LogP contribution in [-0.4, -0.2) is 25.3 Å². The average Bonchev–Trinajstić information content (AvgIpc) is 2.66. The fourth-order valence-corrected chi connectivity index (χ4v) is 3.09. The van der Waals surface area contributed by atoms with E-state index in [-0.39, 0.29) is 12.8 Å². The number of esters is 2. The molecule has 27 heavy (non-hydrogen) atoms. The highest BCUT2D eigenvalue weighted by molar-refractivity contribution is 5.87. The number of benzene rings is 1. The van der Waals surface area contributed by atoms with E-state index in [0.717, 1.165) is 25.7 Å². The molecule has 0 bridgehead atoms. The molecule has 146 valence electrons. The van der Waals surface area contributed by atoms with Crippen molar-refractivity contribution < 1.29 is 23.8 Å². The van der Waals surface area contributed by atoms with Crippen LogP contribution in [0.1, 0.15) is 51.0 Å². The molecule has 2 rings (SSSR count). The molecule has 0 unspecified atom stereocenters. The van der Waals surface area contributed by atoms with Crippen molar-refractivity contribution in [2.45, 2.75) is 45.4 Å². The summed E-state index contributed by atoms with van der Waals surface area (Å²) in [6, 6.07) is 7.90. The van der Waals surface area contributed by atoms with Gasteiger partial charge in [0.05, 0.1) is 6.61 Å². The Bertz CT molecular complexity index is 681. The second-order valence-corrected chi connectivity index (χ2v) is 7.14. The summed E-state index contributed by atoms with van der Waals surface area (Å²) >= 11 is 0. The minimum atomic E-state index is -0.461. The van der Waals surface area contributed by atoms with Crippen molar-refractivity contribution in [1.82, 2.24) is 0 Å². The molecule has 1 saturated carbocycles. The first kappa shape index (κ1) is 20.7. The van der Waals surface area contributed by atoms with Crippen molar-refractivity contribution in [3.63, 3.8) is 0 Å². The highest BCUT2D eigenvalue weighted by atomic mass is 16.7. The van der Waals surface area contributed by atoms with E-state index in [1.165, 1.54) is 5.56 Å². The van der Waals surface area contributed by atoms with Gasteiger partial charge < -0.3 is 14.2 Å². The maximum atomic E-state index is 11.5. The van der Waals surface area contributed by atoms with Gasteiger partial charge in [0.25, 0.3) is 0 Å². The van der Waals surface area contributed by atoms with Crippen LogP contribution in [0.5, 0.6) is 5.75 Å². The zero-order chi connectivity index (χ0) is 19.8. The molecule has 5 nitrogen and oxygen atoms in total. The third-order valence-electron chi connectivity index (χ3n) is 4.76. The fraction of sp³-hybridized carbons (Fsp3) is 0.455. The Labute approximate surface area is 161 Å². The summed E-state index contributed by atoms with van der Waals surface area (Å²) in [5.74, 6) is 0.830. The lowest BCUT2D eigenvalue weighted by Crippen LogP contribution is -2.20. The molecule has 0 spiro atoms. The van der Waals surface area contributed by atoms with E-state index < -0.39 is 5.97 Å². The first-order valence-electron chi connectivity index (χ1n) is 9.25.